The second kappa shape index (κ2) is 3.92. The van der Waals surface area contributed by atoms with Crippen molar-refractivity contribution < 1.29 is 9.59 Å². The fourth-order valence-corrected chi connectivity index (χ4v) is 3.70. The summed E-state index contributed by atoms with van der Waals surface area (Å²) in [5, 5.41) is 0.715. The highest BCUT2D eigenvalue weighted by Gasteiger charge is 2.38. The van der Waals surface area contributed by atoms with Crippen molar-refractivity contribution in [1.29, 1.82) is 0 Å². The molecule has 3 heteroatoms. The molecule has 0 fully saturated rings. The largest absolute Gasteiger partial charge is 0.408 e. The normalized spacial score (nSPS) is 21.5. The van der Waals surface area contributed by atoms with Crippen LogP contribution < -0.4 is 5.19 Å². The van der Waals surface area contributed by atoms with Crippen LogP contribution in [0.2, 0.25) is 6.55 Å². The van der Waals surface area contributed by atoms with E-state index >= 15 is 0 Å². The predicted octanol–water partition coefficient (Wildman–Crippen LogP) is 2.30. The van der Waals surface area contributed by atoms with Gasteiger partial charge >= 0.3 is 8.56 Å². The van der Waals surface area contributed by atoms with Gasteiger partial charge in [0, 0.05) is 0 Å². The van der Waals surface area contributed by atoms with Crippen molar-refractivity contribution in [3.8, 4) is 0 Å². The number of fused-ring (bicyclic) bond motifs is 1. The van der Waals surface area contributed by atoms with Crippen LogP contribution in [-0.4, -0.2) is 18.2 Å². The molecule has 0 amide bonds. The summed E-state index contributed by atoms with van der Waals surface area (Å²) in [6.45, 7) is 10.6. The number of benzene rings is 1. The lowest BCUT2D eigenvalue weighted by Gasteiger charge is -2.42. The molecular weight excluding hydrogens is 240 g/mol. The zero-order chi connectivity index (χ0) is 13.8. The minimum Gasteiger partial charge on any atom is -0.408 e. The molecule has 0 aliphatic heterocycles. The van der Waals surface area contributed by atoms with Gasteiger partial charge in [0.05, 0.1) is 0 Å². The Morgan fingerprint density at radius 2 is 1.44 bits per heavy atom. The number of hydrogen-bond donors (Lipinski definition) is 2. The van der Waals surface area contributed by atoms with Crippen molar-refractivity contribution in [3.05, 3.63) is 29.3 Å². The molecule has 100 valence electrons. The van der Waals surface area contributed by atoms with Gasteiger partial charge in [0.15, 0.2) is 0 Å². The van der Waals surface area contributed by atoms with E-state index < -0.39 is 8.56 Å². The van der Waals surface area contributed by atoms with Crippen LogP contribution in [0.15, 0.2) is 18.2 Å². The summed E-state index contributed by atoms with van der Waals surface area (Å²) in [5.74, 6) is 0. The van der Waals surface area contributed by atoms with Gasteiger partial charge < -0.3 is 9.59 Å². The molecule has 1 aromatic carbocycles. The molecule has 1 aromatic rings. The first-order valence-electron chi connectivity index (χ1n) is 6.64. The van der Waals surface area contributed by atoms with Crippen LogP contribution >= 0.6 is 0 Å². The van der Waals surface area contributed by atoms with E-state index in [1.807, 2.05) is 12.1 Å². The van der Waals surface area contributed by atoms with Gasteiger partial charge in [-0.05, 0) is 46.5 Å². The van der Waals surface area contributed by atoms with Gasteiger partial charge in [-0.3, -0.25) is 0 Å². The molecule has 0 bridgehead atoms. The maximum atomic E-state index is 9.89. The molecule has 2 N–H and O–H groups in total. The van der Waals surface area contributed by atoms with Crippen molar-refractivity contribution in [3.63, 3.8) is 0 Å². The maximum Gasteiger partial charge on any atom is 0.363 e. The third-order valence-electron chi connectivity index (χ3n) is 4.40. The van der Waals surface area contributed by atoms with Crippen LogP contribution in [0, 0.1) is 0 Å². The maximum absolute atomic E-state index is 9.89. The molecular formula is C15H24O2Si. The Balaban J connectivity index is 2.63. The Morgan fingerprint density at radius 1 is 0.944 bits per heavy atom. The SMILES string of the molecule is CC1(C)CCC(C)(C)c2cc([Si](C)(O)O)ccc21. The second-order valence-electron chi connectivity index (χ2n) is 7.05. The van der Waals surface area contributed by atoms with E-state index in [2.05, 4.69) is 33.8 Å². The molecule has 2 nitrogen and oxygen atoms in total. The highest BCUT2D eigenvalue weighted by Crippen LogP contribution is 2.45. The van der Waals surface area contributed by atoms with Gasteiger partial charge in [-0.15, -0.1) is 0 Å². The second-order valence-corrected chi connectivity index (χ2v) is 9.67. The zero-order valence-electron chi connectivity index (χ0n) is 12.0. The quantitative estimate of drug-likeness (QED) is 0.764. The van der Waals surface area contributed by atoms with Gasteiger partial charge in [0.1, 0.15) is 0 Å². The van der Waals surface area contributed by atoms with Gasteiger partial charge in [-0.1, -0.05) is 45.9 Å². The van der Waals surface area contributed by atoms with Crippen molar-refractivity contribution in [1.82, 2.24) is 0 Å². The molecule has 0 radical (unpaired) electrons. The summed E-state index contributed by atoms with van der Waals surface area (Å²) >= 11 is 0. The lowest BCUT2D eigenvalue weighted by molar-refractivity contribution is 0.331. The van der Waals surface area contributed by atoms with Gasteiger partial charge in [0.2, 0.25) is 0 Å². The van der Waals surface area contributed by atoms with Crippen molar-refractivity contribution in [2.75, 3.05) is 0 Å². The highest BCUT2D eigenvalue weighted by atomic mass is 28.4. The van der Waals surface area contributed by atoms with E-state index in [-0.39, 0.29) is 10.8 Å². The molecule has 0 atom stereocenters. The Hall–Kier alpha value is -0.643. The molecule has 0 saturated carbocycles. The third kappa shape index (κ3) is 2.27. The summed E-state index contributed by atoms with van der Waals surface area (Å²) < 4.78 is 0. The van der Waals surface area contributed by atoms with Crippen molar-refractivity contribution in [2.24, 2.45) is 0 Å². The Kier molecular flexibility index (Phi) is 3.00. The zero-order valence-corrected chi connectivity index (χ0v) is 13.0. The molecule has 0 unspecified atom stereocenters. The lowest BCUT2D eigenvalue weighted by atomic mass is 9.63. The first kappa shape index (κ1) is 13.8. The summed E-state index contributed by atoms with van der Waals surface area (Å²) in [6, 6.07) is 6.03. The minimum absolute atomic E-state index is 0.126. The smallest absolute Gasteiger partial charge is 0.363 e. The molecule has 1 aliphatic rings. The van der Waals surface area contributed by atoms with Crippen LogP contribution in [0.4, 0.5) is 0 Å². The van der Waals surface area contributed by atoms with Gasteiger partial charge in [-0.2, -0.15) is 0 Å². The molecule has 18 heavy (non-hydrogen) atoms. The Bertz CT molecular complexity index is 470. The first-order chi connectivity index (χ1) is 8.04. The Morgan fingerprint density at radius 3 is 1.94 bits per heavy atom. The van der Waals surface area contributed by atoms with Crippen LogP contribution in [0.25, 0.3) is 0 Å². The summed E-state index contributed by atoms with van der Waals surface area (Å²) in [6.07, 6.45) is 2.32. The average molecular weight is 264 g/mol. The number of hydrogen-bond acceptors (Lipinski definition) is 2. The van der Waals surface area contributed by atoms with Crippen molar-refractivity contribution >= 4 is 13.7 Å². The molecule has 0 heterocycles. The van der Waals surface area contributed by atoms with Crippen molar-refractivity contribution in [2.45, 2.75) is 57.9 Å². The van der Waals surface area contributed by atoms with E-state index in [0.29, 0.717) is 5.19 Å². The topological polar surface area (TPSA) is 40.5 Å². The van der Waals surface area contributed by atoms with Crippen LogP contribution in [0.1, 0.15) is 51.7 Å². The van der Waals surface area contributed by atoms with E-state index in [9.17, 15) is 9.59 Å². The fourth-order valence-electron chi connectivity index (χ4n) is 2.88. The van der Waals surface area contributed by atoms with E-state index in [4.69, 9.17) is 0 Å². The Labute approximate surface area is 111 Å². The predicted molar refractivity (Wildman–Crippen MR) is 77.4 cm³/mol. The van der Waals surface area contributed by atoms with Crippen LogP contribution in [-0.2, 0) is 10.8 Å². The molecule has 0 spiro atoms. The average Bonchev–Trinajstić information content (AvgIpc) is 2.23. The third-order valence-corrected chi connectivity index (χ3v) is 5.80. The summed E-state index contributed by atoms with van der Waals surface area (Å²) in [5.41, 5.74) is 2.96. The standard InChI is InChI=1S/C15H24O2Si/c1-14(2)8-9-15(3,4)13-10-11(18(5,16)17)6-7-12(13)14/h6-7,10,16-17H,8-9H2,1-5H3. The monoisotopic (exact) mass is 264 g/mol. The van der Waals surface area contributed by atoms with Crippen LogP contribution in [0.3, 0.4) is 0 Å². The fraction of sp³-hybridized carbons (Fsp3) is 0.600. The van der Waals surface area contributed by atoms with Crippen LogP contribution in [0.5, 0.6) is 0 Å². The molecule has 0 aromatic heterocycles. The molecule has 0 saturated heterocycles. The van der Waals surface area contributed by atoms with E-state index in [1.165, 1.54) is 17.5 Å². The van der Waals surface area contributed by atoms with E-state index in [1.54, 1.807) is 6.55 Å². The summed E-state index contributed by atoms with van der Waals surface area (Å²) in [7, 11) is -3.20. The minimum atomic E-state index is -3.20. The molecule has 2 rings (SSSR count). The van der Waals surface area contributed by atoms with Gasteiger partial charge in [0.25, 0.3) is 0 Å². The first-order valence-corrected chi connectivity index (χ1v) is 9.04. The molecule has 1 aliphatic carbocycles. The highest BCUT2D eigenvalue weighted by molar-refractivity contribution is 6.77. The van der Waals surface area contributed by atoms with E-state index in [0.717, 1.165) is 6.42 Å². The number of rotatable bonds is 1. The summed E-state index contributed by atoms with van der Waals surface area (Å²) in [4.78, 5) is 19.8. The van der Waals surface area contributed by atoms with Gasteiger partial charge in [-0.25, -0.2) is 0 Å². The lowest BCUT2D eigenvalue weighted by Crippen LogP contribution is -2.46.